The Morgan fingerprint density at radius 1 is 1.40 bits per heavy atom. The first-order valence-corrected chi connectivity index (χ1v) is 10.1. The Kier molecular flexibility index (Phi) is 5.18. The van der Waals surface area contributed by atoms with Crippen molar-refractivity contribution in [3.05, 3.63) is 40.0 Å². The first-order valence-electron chi connectivity index (χ1n) is 7.33. The Hall–Kier alpha value is -2.21. The summed E-state index contributed by atoms with van der Waals surface area (Å²) in [5, 5.41) is 14.9. The summed E-state index contributed by atoms with van der Waals surface area (Å²) in [5.41, 5.74) is 6.94. The maximum absolute atomic E-state index is 12.2. The van der Waals surface area contributed by atoms with Gasteiger partial charge in [-0.15, -0.1) is 22.7 Å². The fraction of sp³-hybridized carbons (Fsp3) is 0.176. The average Bonchev–Trinajstić information content (AvgIpc) is 3.21. The highest BCUT2D eigenvalue weighted by Crippen LogP contribution is 2.40. The van der Waals surface area contributed by atoms with Gasteiger partial charge in [-0.05, 0) is 25.3 Å². The lowest BCUT2D eigenvalue weighted by Crippen LogP contribution is -2.10. The third kappa shape index (κ3) is 3.58. The molecule has 0 amide bonds. The summed E-state index contributed by atoms with van der Waals surface area (Å²) in [5.74, 6) is 0.487. The molecule has 0 aliphatic heterocycles. The molecule has 0 unspecified atom stereocenters. The van der Waals surface area contributed by atoms with Gasteiger partial charge in [-0.25, -0.2) is 9.97 Å². The number of carbonyl (C=O) groups is 1. The second-order valence-corrected chi connectivity index (χ2v) is 8.03. The Labute approximate surface area is 157 Å². The summed E-state index contributed by atoms with van der Waals surface area (Å²) < 4.78 is 0. The van der Waals surface area contributed by atoms with Crippen LogP contribution >= 0.6 is 34.4 Å². The highest BCUT2D eigenvalue weighted by atomic mass is 32.2. The molecule has 0 saturated heterocycles. The summed E-state index contributed by atoms with van der Waals surface area (Å²) in [6.07, 6.45) is 0. The molecule has 0 fully saturated rings. The molecular weight excluding hydrogens is 372 g/mol. The van der Waals surface area contributed by atoms with Crippen LogP contribution in [0.5, 0.6) is 0 Å². The van der Waals surface area contributed by atoms with Crippen molar-refractivity contribution in [1.29, 1.82) is 5.26 Å². The molecule has 0 saturated carbocycles. The Balaban J connectivity index is 1.99. The number of nitrogens with two attached hydrogens (primary N) is 1. The van der Waals surface area contributed by atoms with Crippen molar-refractivity contribution in [2.75, 3.05) is 5.75 Å². The largest absolute Gasteiger partial charge is 0.401 e. The number of nitriles is 1. The summed E-state index contributed by atoms with van der Waals surface area (Å²) in [6, 6.07) is 5.94. The van der Waals surface area contributed by atoms with Crippen LogP contribution in [-0.2, 0) is 4.79 Å². The van der Waals surface area contributed by atoms with Gasteiger partial charge in [0.05, 0.1) is 11.1 Å². The van der Waals surface area contributed by atoms with Crippen LogP contribution in [0.25, 0.3) is 20.7 Å². The van der Waals surface area contributed by atoms with E-state index in [4.69, 9.17) is 11.0 Å². The first-order chi connectivity index (χ1) is 12.0. The quantitative estimate of drug-likeness (QED) is 0.306. The van der Waals surface area contributed by atoms with Gasteiger partial charge in [0.25, 0.3) is 0 Å². The number of allylic oxidation sites excluding steroid dienone is 2. The molecule has 0 spiro atoms. The Morgan fingerprint density at radius 2 is 2.20 bits per heavy atom. The van der Waals surface area contributed by atoms with E-state index in [1.54, 1.807) is 29.6 Å². The fourth-order valence-electron chi connectivity index (χ4n) is 2.31. The topological polar surface area (TPSA) is 92.7 Å². The van der Waals surface area contributed by atoms with Crippen molar-refractivity contribution >= 4 is 50.4 Å². The van der Waals surface area contributed by atoms with Gasteiger partial charge in [-0.2, -0.15) is 5.26 Å². The SMILES string of the molecule is C/C(N)=C(\C#N)C(=O)CSc1nc(C)nc2scc(-c3cccs3)c12. The second kappa shape index (κ2) is 7.35. The summed E-state index contributed by atoms with van der Waals surface area (Å²) in [6.45, 7) is 3.39. The van der Waals surface area contributed by atoms with Crippen LogP contribution in [0.15, 0.2) is 39.2 Å². The first kappa shape index (κ1) is 17.6. The highest BCUT2D eigenvalue weighted by molar-refractivity contribution is 8.00. The van der Waals surface area contributed by atoms with Gasteiger partial charge in [0.2, 0.25) is 0 Å². The molecule has 3 rings (SSSR count). The van der Waals surface area contributed by atoms with E-state index in [2.05, 4.69) is 21.4 Å². The zero-order valence-electron chi connectivity index (χ0n) is 13.6. The van der Waals surface area contributed by atoms with Gasteiger partial charge in [0, 0.05) is 21.5 Å². The van der Waals surface area contributed by atoms with Gasteiger partial charge in [0.15, 0.2) is 5.78 Å². The number of aryl methyl sites for hydroxylation is 1. The van der Waals surface area contributed by atoms with Crippen LogP contribution in [-0.4, -0.2) is 21.5 Å². The van der Waals surface area contributed by atoms with Crippen molar-refractivity contribution in [2.45, 2.75) is 18.9 Å². The van der Waals surface area contributed by atoms with E-state index in [1.807, 2.05) is 24.4 Å². The molecule has 126 valence electrons. The molecule has 3 aromatic heterocycles. The minimum Gasteiger partial charge on any atom is -0.401 e. The van der Waals surface area contributed by atoms with Crippen LogP contribution in [0.3, 0.4) is 0 Å². The molecule has 2 N–H and O–H groups in total. The van der Waals surface area contributed by atoms with Gasteiger partial charge in [-0.3, -0.25) is 4.79 Å². The number of aromatic nitrogens is 2. The summed E-state index contributed by atoms with van der Waals surface area (Å²) in [4.78, 5) is 23.3. The van der Waals surface area contributed by atoms with Crippen molar-refractivity contribution in [3.63, 3.8) is 0 Å². The van der Waals surface area contributed by atoms with E-state index in [0.717, 1.165) is 25.7 Å². The lowest BCUT2D eigenvalue weighted by atomic mass is 10.2. The van der Waals surface area contributed by atoms with Crippen molar-refractivity contribution in [1.82, 2.24) is 9.97 Å². The summed E-state index contributed by atoms with van der Waals surface area (Å²) in [7, 11) is 0. The van der Waals surface area contributed by atoms with Gasteiger partial charge in [-0.1, -0.05) is 17.8 Å². The van der Waals surface area contributed by atoms with Crippen molar-refractivity contribution in [2.24, 2.45) is 5.73 Å². The molecular formula is C17H14N4OS3. The number of fused-ring (bicyclic) bond motifs is 1. The number of ketones is 1. The lowest BCUT2D eigenvalue weighted by Gasteiger charge is -2.06. The molecule has 3 aromatic rings. The molecule has 0 aliphatic carbocycles. The smallest absolute Gasteiger partial charge is 0.185 e. The van der Waals surface area contributed by atoms with Crippen LogP contribution in [0.1, 0.15) is 12.7 Å². The maximum Gasteiger partial charge on any atom is 0.185 e. The van der Waals surface area contributed by atoms with Crippen LogP contribution in [0.2, 0.25) is 0 Å². The minimum atomic E-state index is -0.287. The van der Waals surface area contributed by atoms with Gasteiger partial charge >= 0.3 is 0 Å². The Morgan fingerprint density at radius 3 is 2.84 bits per heavy atom. The molecule has 0 radical (unpaired) electrons. The van der Waals surface area contributed by atoms with Crippen LogP contribution in [0.4, 0.5) is 0 Å². The van der Waals surface area contributed by atoms with E-state index >= 15 is 0 Å². The number of carbonyl (C=O) groups excluding carboxylic acids is 1. The molecule has 0 bridgehead atoms. The number of hydrogen-bond acceptors (Lipinski definition) is 8. The molecule has 8 heteroatoms. The Bertz CT molecular complexity index is 1010. The molecule has 0 aliphatic rings. The predicted molar refractivity (Wildman–Crippen MR) is 104 cm³/mol. The van der Waals surface area contributed by atoms with E-state index in [1.165, 1.54) is 11.8 Å². The molecule has 0 atom stereocenters. The number of thioether (sulfide) groups is 1. The summed E-state index contributed by atoms with van der Waals surface area (Å²) >= 11 is 4.54. The number of rotatable bonds is 5. The highest BCUT2D eigenvalue weighted by Gasteiger charge is 2.18. The monoisotopic (exact) mass is 386 g/mol. The average molecular weight is 387 g/mol. The van der Waals surface area contributed by atoms with E-state index in [9.17, 15) is 4.79 Å². The minimum absolute atomic E-state index is 0.0123. The normalized spacial score (nSPS) is 12.0. The number of hydrogen-bond donors (Lipinski definition) is 1. The number of nitrogens with zero attached hydrogens (tertiary/aromatic N) is 3. The molecule has 0 aromatic carbocycles. The van der Waals surface area contributed by atoms with Crippen LogP contribution in [0, 0.1) is 18.3 Å². The second-order valence-electron chi connectivity index (χ2n) is 5.26. The third-order valence-corrected chi connectivity index (χ3v) is 6.17. The van der Waals surface area contributed by atoms with Gasteiger partial charge in [0.1, 0.15) is 27.3 Å². The fourth-order valence-corrected chi connectivity index (χ4v) is 5.14. The van der Waals surface area contributed by atoms with Crippen molar-refractivity contribution < 1.29 is 4.79 Å². The maximum atomic E-state index is 12.2. The van der Waals surface area contributed by atoms with E-state index < -0.39 is 0 Å². The predicted octanol–water partition coefficient (Wildman–Crippen LogP) is 4.15. The number of Topliss-reactive ketones (excluding diaryl/α,β-unsaturated/α-hetero) is 1. The van der Waals surface area contributed by atoms with E-state index in [-0.39, 0.29) is 22.8 Å². The van der Waals surface area contributed by atoms with Gasteiger partial charge < -0.3 is 5.73 Å². The molecule has 3 heterocycles. The number of thiophene rings is 2. The standard InChI is InChI=1S/C17H14N4OS3/c1-9(19)11(6-18)13(22)8-25-17-15-12(14-4-3-5-23-14)7-24-16(15)20-10(2)21-17/h3-5,7H,8,19H2,1-2H3/b11-9-. The third-order valence-electron chi connectivity index (χ3n) is 3.42. The zero-order chi connectivity index (χ0) is 18.0. The van der Waals surface area contributed by atoms with E-state index in [0.29, 0.717) is 5.82 Å². The van der Waals surface area contributed by atoms with Crippen LogP contribution < -0.4 is 5.73 Å². The molecule has 5 nitrogen and oxygen atoms in total. The zero-order valence-corrected chi connectivity index (χ0v) is 16.0. The lowest BCUT2D eigenvalue weighted by molar-refractivity contribution is -0.112. The molecule has 25 heavy (non-hydrogen) atoms. The van der Waals surface area contributed by atoms with Crippen molar-refractivity contribution in [3.8, 4) is 16.5 Å².